The van der Waals surface area contributed by atoms with Crippen LogP contribution >= 0.6 is 11.3 Å². The molecule has 6 nitrogen and oxygen atoms in total. The van der Waals surface area contributed by atoms with E-state index in [0.717, 1.165) is 28.4 Å². The Hall–Kier alpha value is -2.80. The van der Waals surface area contributed by atoms with Crippen LogP contribution in [-0.2, 0) is 0 Å². The fourth-order valence-electron chi connectivity index (χ4n) is 3.00. The predicted octanol–water partition coefficient (Wildman–Crippen LogP) is 3.14. The molecule has 2 heterocycles. The number of fused-ring (bicyclic) bond motifs is 2. The van der Waals surface area contributed by atoms with Gasteiger partial charge in [0.05, 0.1) is 29.4 Å². The molecule has 0 amide bonds. The number of ether oxygens (including phenoxy) is 1. The first kappa shape index (κ1) is 16.7. The summed E-state index contributed by atoms with van der Waals surface area (Å²) in [6, 6.07) is 16.3. The summed E-state index contributed by atoms with van der Waals surface area (Å²) in [7, 11) is 0. The van der Waals surface area contributed by atoms with E-state index >= 15 is 0 Å². The highest BCUT2D eigenvalue weighted by Gasteiger charge is 2.21. The van der Waals surface area contributed by atoms with Crippen LogP contribution < -0.4 is 21.1 Å². The van der Waals surface area contributed by atoms with Gasteiger partial charge in [0.15, 0.2) is 11.1 Å². The predicted molar refractivity (Wildman–Crippen MR) is 107 cm³/mol. The molecule has 0 saturated carbocycles. The van der Waals surface area contributed by atoms with Gasteiger partial charge in [0.2, 0.25) is 0 Å². The number of nitrogens with two attached hydrogens (primary N) is 1. The number of aromatic nitrogens is 1. The Kier molecular flexibility index (Phi) is 4.88. The van der Waals surface area contributed by atoms with E-state index in [1.165, 1.54) is 4.70 Å². The van der Waals surface area contributed by atoms with Crippen molar-refractivity contribution in [2.75, 3.05) is 25.0 Å². The average Bonchev–Trinajstić information content (AvgIpc) is 3.08. The molecule has 7 heteroatoms. The zero-order chi connectivity index (χ0) is 17.8. The summed E-state index contributed by atoms with van der Waals surface area (Å²) in [4.78, 5) is 8.96. The van der Waals surface area contributed by atoms with Crippen LogP contribution in [0.1, 0.15) is 18.0 Å². The first-order valence-electron chi connectivity index (χ1n) is 8.67. The molecule has 1 aliphatic rings. The van der Waals surface area contributed by atoms with E-state index in [1.54, 1.807) is 11.3 Å². The molecule has 26 heavy (non-hydrogen) atoms. The molecule has 0 fully saturated rings. The Bertz CT molecular complexity index is 890. The highest BCUT2D eigenvalue weighted by molar-refractivity contribution is 7.22. The van der Waals surface area contributed by atoms with Gasteiger partial charge in [0.1, 0.15) is 5.75 Å². The Balaban J connectivity index is 1.30. The van der Waals surface area contributed by atoms with Crippen molar-refractivity contribution in [3.63, 3.8) is 0 Å². The molecule has 4 N–H and O–H groups in total. The minimum Gasteiger partial charge on any atom is -0.493 e. The largest absolute Gasteiger partial charge is 0.493 e. The van der Waals surface area contributed by atoms with Gasteiger partial charge in [-0.1, -0.05) is 41.7 Å². The molecule has 0 radical (unpaired) electrons. The van der Waals surface area contributed by atoms with Crippen LogP contribution in [0.2, 0.25) is 0 Å². The van der Waals surface area contributed by atoms with Crippen LogP contribution in [-0.4, -0.2) is 30.6 Å². The maximum absolute atomic E-state index is 6.06. The van der Waals surface area contributed by atoms with Gasteiger partial charge in [-0.3, -0.25) is 4.99 Å². The number of para-hydroxylation sites is 2. The SMILES string of the molecule is NC(=NCCNc1nc2ccccc2s1)NC1CCOc2ccccc21. The first-order valence-corrected chi connectivity index (χ1v) is 9.49. The first-order chi connectivity index (χ1) is 12.8. The number of guanidine groups is 1. The van der Waals surface area contributed by atoms with E-state index in [2.05, 4.69) is 32.7 Å². The monoisotopic (exact) mass is 367 g/mol. The molecule has 134 valence electrons. The van der Waals surface area contributed by atoms with Gasteiger partial charge in [-0.15, -0.1) is 0 Å². The molecular weight excluding hydrogens is 346 g/mol. The van der Waals surface area contributed by atoms with Crippen molar-refractivity contribution in [2.45, 2.75) is 12.5 Å². The van der Waals surface area contributed by atoms with Crippen molar-refractivity contribution in [1.82, 2.24) is 10.3 Å². The third-order valence-electron chi connectivity index (χ3n) is 4.24. The molecule has 0 aliphatic carbocycles. The zero-order valence-electron chi connectivity index (χ0n) is 14.3. The number of hydrogen-bond donors (Lipinski definition) is 3. The number of anilines is 1. The zero-order valence-corrected chi connectivity index (χ0v) is 15.1. The Morgan fingerprint density at radius 1 is 1.23 bits per heavy atom. The molecule has 0 bridgehead atoms. The van der Waals surface area contributed by atoms with E-state index < -0.39 is 0 Å². The number of hydrogen-bond acceptors (Lipinski definition) is 5. The molecule has 1 aromatic heterocycles. The van der Waals surface area contributed by atoms with Gasteiger partial charge in [0.25, 0.3) is 0 Å². The summed E-state index contributed by atoms with van der Waals surface area (Å²) in [5.41, 5.74) is 8.21. The Labute approximate surface area is 156 Å². The van der Waals surface area contributed by atoms with Crippen LogP contribution in [0.3, 0.4) is 0 Å². The fourth-order valence-corrected chi connectivity index (χ4v) is 3.89. The third kappa shape index (κ3) is 3.72. The minimum absolute atomic E-state index is 0.140. The summed E-state index contributed by atoms with van der Waals surface area (Å²) in [5, 5.41) is 7.52. The van der Waals surface area contributed by atoms with Crippen LogP contribution in [0.5, 0.6) is 5.75 Å². The second-order valence-electron chi connectivity index (χ2n) is 6.05. The maximum Gasteiger partial charge on any atom is 0.189 e. The highest BCUT2D eigenvalue weighted by Crippen LogP contribution is 2.31. The standard InChI is InChI=1S/C19H21N5OS/c20-18(23-14-9-12-25-16-7-3-1-5-13(14)16)21-10-11-22-19-24-15-6-2-4-8-17(15)26-19/h1-8,14H,9-12H2,(H,22,24)(H3,20,21,23). The molecule has 1 aliphatic heterocycles. The number of nitrogens with zero attached hydrogens (tertiary/aromatic N) is 2. The van der Waals surface area contributed by atoms with Crippen LogP contribution in [0.4, 0.5) is 5.13 Å². The van der Waals surface area contributed by atoms with Crippen molar-refractivity contribution in [3.8, 4) is 5.75 Å². The number of thiazole rings is 1. The van der Waals surface area contributed by atoms with Crippen LogP contribution in [0.25, 0.3) is 10.2 Å². The molecular formula is C19H21N5OS. The van der Waals surface area contributed by atoms with E-state index in [4.69, 9.17) is 10.5 Å². The molecule has 0 spiro atoms. The third-order valence-corrected chi connectivity index (χ3v) is 5.24. The van der Waals surface area contributed by atoms with Gasteiger partial charge >= 0.3 is 0 Å². The lowest BCUT2D eigenvalue weighted by Crippen LogP contribution is -2.37. The molecule has 4 rings (SSSR count). The van der Waals surface area contributed by atoms with Crippen LogP contribution in [0, 0.1) is 0 Å². The second-order valence-corrected chi connectivity index (χ2v) is 7.08. The quantitative estimate of drug-likeness (QED) is 0.366. The summed E-state index contributed by atoms with van der Waals surface area (Å²) in [6.45, 7) is 1.95. The van der Waals surface area contributed by atoms with E-state index in [-0.39, 0.29) is 6.04 Å². The van der Waals surface area contributed by atoms with Gasteiger partial charge in [0, 0.05) is 18.5 Å². The van der Waals surface area contributed by atoms with E-state index in [1.807, 2.05) is 36.4 Å². The summed E-state index contributed by atoms with van der Waals surface area (Å²) in [5.74, 6) is 1.37. The van der Waals surface area contributed by atoms with Gasteiger partial charge in [-0.25, -0.2) is 4.98 Å². The average molecular weight is 367 g/mol. The van der Waals surface area contributed by atoms with Crippen molar-refractivity contribution < 1.29 is 4.74 Å². The highest BCUT2D eigenvalue weighted by atomic mass is 32.1. The topological polar surface area (TPSA) is 84.6 Å². The van der Waals surface area contributed by atoms with E-state index in [0.29, 0.717) is 25.7 Å². The molecule has 1 unspecified atom stereocenters. The van der Waals surface area contributed by atoms with Gasteiger partial charge in [-0.05, 0) is 18.2 Å². The number of rotatable bonds is 5. The maximum atomic E-state index is 6.06. The van der Waals surface area contributed by atoms with Crippen molar-refractivity contribution in [1.29, 1.82) is 0 Å². The number of nitrogens with one attached hydrogen (secondary N) is 2. The van der Waals surface area contributed by atoms with E-state index in [9.17, 15) is 0 Å². The summed E-state index contributed by atoms with van der Waals surface area (Å²) in [6.07, 6.45) is 0.872. The van der Waals surface area contributed by atoms with Crippen molar-refractivity contribution in [2.24, 2.45) is 10.7 Å². The molecule has 2 aromatic carbocycles. The summed E-state index contributed by atoms with van der Waals surface area (Å²) < 4.78 is 6.85. The van der Waals surface area contributed by atoms with Gasteiger partial charge < -0.3 is 21.1 Å². The fraction of sp³-hybridized carbons (Fsp3) is 0.263. The van der Waals surface area contributed by atoms with Gasteiger partial charge in [-0.2, -0.15) is 0 Å². The lowest BCUT2D eigenvalue weighted by Gasteiger charge is -2.26. The molecule has 1 atom stereocenters. The lowest BCUT2D eigenvalue weighted by molar-refractivity contribution is 0.262. The molecule has 0 saturated heterocycles. The Morgan fingerprint density at radius 2 is 2.08 bits per heavy atom. The van der Waals surface area contributed by atoms with Crippen LogP contribution in [0.15, 0.2) is 53.5 Å². The summed E-state index contributed by atoms with van der Waals surface area (Å²) >= 11 is 1.65. The van der Waals surface area contributed by atoms with Crippen molar-refractivity contribution in [3.05, 3.63) is 54.1 Å². The Morgan fingerprint density at radius 3 is 3.00 bits per heavy atom. The minimum atomic E-state index is 0.140. The smallest absolute Gasteiger partial charge is 0.189 e. The normalized spacial score (nSPS) is 16.8. The number of aliphatic imine (C=N–C) groups is 1. The van der Waals surface area contributed by atoms with Crippen molar-refractivity contribution >= 4 is 32.6 Å². The number of benzene rings is 2. The second kappa shape index (κ2) is 7.61. The molecule has 3 aromatic rings. The lowest BCUT2D eigenvalue weighted by atomic mass is 10.0.